The topological polar surface area (TPSA) is 98.8 Å². The lowest BCUT2D eigenvalue weighted by Gasteiger charge is -2.10. The number of aliphatic hydroxyl groups excluding tert-OH is 1. The molecule has 0 unspecified atom stereocenters. The van der Waals surface area contributed by atoms with Crippen molar-refractivity contribution in [3.63, 3.8) is 0 Å². The summed E-state index contributed by atoms with van der Waals surface area (Å²) in [6.45, 7) is 0.326. The summed E-state index contributed by atoms with van der Waals surface area (Å²) >= 11 is 0. The zero-order valence-corrected chi connectivity index (χ0v) is 13.0. The fourth-order valence-electron chi connectivity index (χ4n) is 2.23. The molecule has 0 saturated heterocycles. The van der Waals surface area contributed by atoms with Crippen LogP contribution in [0.3, 0.4) is 0 Å². The van der Waals surface area contributed by atoms with Crippen LogP contribution in [0.2, 0.25) is 0 Å². The molecule has 0 spiro atoms. The van der Waals surface area contributed by atoms with Crippen LogP contribution < -0.4 is 10.2 Å². The van der Waals surface area contributed by atoms with Gasteiger partial charge in [-0.05, 0) is 12.1 Å². The fourth-order valence-corrected chi connectivity index (χ4v) is 2.23. The summed E-state index contributed by atoms with van der Waals surface area (Å²) in [6.07, 6.45) is 6.25. The zero-order chi connectivity index (χ0) is 16.7. The van der Waals surface area contributed by atoms with Crippen LogP contribution in [0, 0.1) is 0 Å². The minimum Gasteiger partial charge on any atom is -0.501 e. The molecule has 1 aromatic carbocycles. The second-order valence-electron chi connectivity index (χ2n) is 4.92. The number of nitrogens with two attached hydrogens (primary N) is 1. The number of quaternary nitrogens is 1. The Morgan fingerprint density at radius 1 is 1.35 bits per heavy atom. The van der Waals surface area contributed by atoms with Gasteiger partial charge in [-0.3, -0.25) is 5.21 Å². The molecule has 5 N–H and O–H groups in total. The molecule has 0 aliphatic heterocycles. The first-order chi connectivity index (χ1) is 11.2. The monoisotopic (exact) mass is 322 g/mol. The highest BCUT2D eigenvalue weighted by Crippen LogP contribution is 2.33. The Hall–Kier alpha value is -2.35. The van der Waals surface area contributed by atoms with Crippen molar-refractivity contribution in [1.29, 1.82) is 0 Å². The quantitative estimate of drug-likeness (QED) is 0.197. The first kappa shape index (κ1) is 17.0. The molecule has 0 amide bonds. The van der Waals surface area contributed by atoms with E-state index in [2.05, 4.69) is 0 Å². The van der Waals surface area contributed by atoms with Gasteiger partial charge in [-0.25, -0.2) is 5.21 Å². The van der Waals surface area contributed by atoms with Gasteiger partial charge < -0.3 is 14.6 Å². The lowest BCUT2D eigenvalue weighted by molar-refractivity contribution is -0.830. The number of nitrogens with zero attached hydrogens (tertiary/aromatic N) is 1. The molecular weight excluding hydrogens is 300 g/mol. The van der Waals surface area contributed by atoms with Crippen LogP contribution in [0.1, 0.15) is 12.8 Å². The Kier molecular flexibility index (Phi) is 6.16. The van der Waals surface area contributed by atoms with Gasteiger partial charge >= 0.3 is 5.69 Å². The molecule has 0 saturated carbocycles. The highest BCUT2D eigenvalue weighted by Gasteiger charge is 2.29. The number of hydrogen-bond acceptors (Lipinski definition) is 5. The molecule has 0 bridgehead atoms. The van der Waals surface area contributed by atoms with E-state index in [0.717, 1.165) is 16.0 Å². The van der Waals surface area contributed by atoms with Crippen molar-refractivity contribution in [3.05, 3.63) is 42.2 Å². The molecule has 1 aliphatic carbocycles. The Balaban J connectivity index is 2.40. The second-order valence-corrected chi connectivity index (χ2v) is 4.92. The highest BCUT2D eigenvalue weighted by atomic mass is 16.5. The Labute approximate surface area is 134 Å². The van der Waals surface area contributed by atoms with Gasteiger partial charge in [-0.1, -0.05) is 12.1 Å². The van der Waals surface area contributed by atoms with Crippen molar-refractivity contribution in [3.8, 4) is 5.75 Å². The molecule has 23 heavy (non-hydrogen) atoms. The van der Waals surface area contributed by atoms with Gasteiger partial charge in [0.1, 0.15) is 5.76 Å². The van der Waals surface area contributed by atoms with Gasteiger partial charge in [0.05, 0.1) is 20.1 Å². The number of benzene rings is 1. The van der Waals surface area contributed by atoms with E-state index in [1.807, 2.05) is 6.08 Å². The van der Waals surface area contributed by atoms with E-state index < -0.39 is 0 Å². The number of rotatable bonds is 7. The maximum atomic E-state index is 10.6. The molecule has 0 heterocycles. The van der Waals surface area contributed by atoms with Gasteiger partial charge in [0.2, 0.25) is 17.1 Å². The molecule has 1 aliphatic rings. The van der Waals surface area contributed by atoms with Crippen molar-refractivity contribution in [2.75, 3.05) is 20.3 Å². The van der Waals surface area contributed by atoms with Gasteiger partial charge in [0.25, 0.3) is 0 Å². The molecule has 0 radical (unpaired) electrons. The van der Waals surface area contributed by atoms with Gasteiger partial charge in [0.15, 0.2) is 0 Å². The summed E-state index contributed by atoms with van der Waals surface area (Å²) in [4.78, 5) is 0. The van der Waals surface area contributed by atoms with Crippen LogP contribution in [0.25, 0.3) is 0 Å². The van der Waals surface area contributed by atoms with Crippen molar-refractivity contribution >= 4 is 17.1 Å². The third-order valence-electron chi connectivity index (χ3n) is 3.40. The smallest absolute Gasteiger partial charge is 0.361 e. The van der Waals surface area contributed by atoms with Crippen molar-refractivity contribution < 1.29 is 35.2 Å². The van der Waals surface area contributed by atoms with Gasteiger partial charge in [-0.2, -0.15) is 5.48 Å². The van der Waals surface area contributed by atoms with Crippen molar-refractivity contribution in [2.24, 2.45) is 0 Å². The number of ether oxygens (including phenoxy) is 2. The summed E-state index contributed by atoms with van der Waals surface area (Å²) in [5.41, 5.74) is 2.26. The normalized spacial score (nSPS) is 16.0. The number of allylic oxidation sites excluding steroid dienone is 4. The summed E-state index contributed by atoms with van der Waals surface area (Å²) in [5.74, 6) is 1.13. The Morgan fingerprint density at radius 3 is 2.87 bits per heavy atom. The van der Waals surface area contributed by atoms with Crippen LogP contribution in [0.5, 0.6) is 5.75 Å². The lowest BCUT2D eigenvalue weighted by atomic mass is 10.1. The molecule has 0 aromatic heterocycles. The van der Waals surface area contributed by atoms with Gasteiger partial charge in [-0.15, -0.1) is 0 Å². The van der Waals surface area contributed by atoms with E-state index in [4.69, 9.17) is 14.6 Å². The largest absolute Gasteiger partial charge is 0.501 e. The molecular formula is C16H22N2O5+2. The predicted molar refractivity (Wildman–Crippen MR) is 82.6 cm³/mol. The minimum absolute atomic E-state index is 0.0199. The molecule has 7 heteroatoms. The van der Waals surface area contributed by atoms with E-state index in [1.165, 1.54) is 0 Å². The number of para-hydroxylation sites is 1. The summed E-state index contributed by atoms with van der Waals surface area (Å²) in [6, 6.07) is 5.08. The van der Waals surface area contributed by atoms with Gasteiger partial charge in [0, 0.05) is 29.9 Å². The first-order valence-electron chi connectivity index (χ1n) is 7.31. The van der Waals surface area contributed by atoms with Crippen LogP contribution in [-0.2, 0) is 4.74 Å². The third kappa shape index (κ3) is 4.10. The average Bonchev–Trinajstić information content (AvgIpc) is 2.61. The summed E-state index contributed by atoms with van der Waals surface area (Å²) in [7, 11) is 1.57. The Bertz CT molecular complexity index is 637. The molecule has 0 fully saturated rings. The van der Waals surface area contributed by atoms with Crippen molar-refractivity contribution in [2.45, 2.75) is 12.8 Å². The van der Waals surface area contributed by atoms with E-state index in [-0.39, 0.29) is 6.61 Å². The second kappa shape index (κ2) is 8.33. The molecule has 2 rings (SSSR count). The van der Waals surface area contributed by atoms with Crippen molar-refractivity contribution in [1.82, 2.24) is 0 Å². The standard InChI is InChI=1S/C16H21N2O5/c1-22-13-6-2-5-12(11-13)18(21)16-14(17-20)7-3-8-15(16)23-10-4-9-19/h2-3,5-8,17,19-21H,4,9-11H2,1H3/q+1/p+1/b18-12+. The maximum absolute atomic E-state index is 10.6. The number of hydrogen-bond donors (Lipinski definition) is 4. The zero-order valence-electron chi connectivity index (χ0n) is 13.0. The maximum Gasteiger partial charge on any atom is 0.361 e. The molecule has 124 valence electrons. The number of methoxy groups -OCH3 is 1. The van der Waals surface area contributed by atoms with Crippen LogP contribution in [0.15, 0.2) is 42.2 Å². The summed E-state index contributed by atoms with van der Waals surface area (Å²) in [5, 5.41) is 28.9. The van der Waals surface area contributed by atoms with Crippen LogP contribution in [-0.4, -0.2) is 46.3 Å². The SMILES string of the molecule is COC1=CC=C/C(=[N+](\O)c2c([NH2+]O)cccc2OCCCO)C1. The lowest BCUT2D eigenvalue weighted by Crippen LogP contribution is -2.74. The first-order valence-corrected chi connectivity index (χ1v) is 7.31. The Morgan fingerprint density at radius 2 is 2.17 bits per heavy atom. The highest BCUT2D eigenvalue weighted by molar-refractivity contribution is 5.94. The molecule has 1 aromatic rings. The van der Waals surface area contributed by atoms with E-state index in [0.29, 0.717) is 42.3 Å². The fraction of sp³-hybridized carbons (Fsp3) is 0.312. The third-order valence-corrected chi connectivity index (χ3v) is 3.40. The van der Waals surface area contributed by atoms with E-state index in [9.17, 15) is 10.4 Å². The molecule has 0 atom stereocenters. The van der Waals surface area contributed by atoms with E-state index in [1.54, 1.807) is 37.5 Å². The minimum atomic E-state index is 0.0199. The number of aliphatic hydroxyl groups is 1. The van der Waals surface area contributed by atoms with Crippen LogP contribution >= 0.6 is 0 Å². The summed E-state index contributed by atoms with van der Waals surface area (Å²) < 4.78 is 11.8. The van der Waals surface area contributed by atoms with E-state index >= 15 is 0 Å². The predicted octanol–water partition coefficient (Wildman–Crippen LogP) is 0.996. The average molecular weight is 322 g/mol. The van der Waals surface area contributed by atoms with Crippen LogP contribution in [0.4, 0.5) is 11.4 Å². The molecule has 7 nitrogen and oxygen atoms in total.